The SMILES string of the molecule is Cc1cc(C)c(C=CP(=O)(O)CC(=O)CC(=O)O)c(OCc2ccc(F)cc2)c1. The Morgan fingerprint density at radius 2 is 1.83 bits per heavy atom. The number of aryl methyl sites for hydroxylation is 2. The lowest BCUT2D eigenvalue weighted by Gasteiger charge is -2.14. The second kappa shape index (κ2) is 9.63. The molecule has 0 bridgehead atoms. The molecule has 1 atom stereocenters. The van der Waals surface area contributed by atoms with Gasteiger partial charge in [0.25, 0.3) is 0 Å². The van der Waals surface area contributed by atoms with Crippen molar-refractivity contribution in [2.45, 2.75) is 26.9 Å². The van der Waals surface area contributed by atoms with Gasteiger partial charge in [-0.1, -0.05) is 18.2 Å². The molecule has 0 aliphatic heterocycles. The van der Waals surface area contributed by atoms with Gasteiger partial charge in [-0.3, -0.25) is 14.2 Å². The van der Waals surface area contributed by atoms with Gasteiger partial charge in [0.15, 0.2) is 5.78 Å². The van der Waals surface area contributed by atoms with Crippen molar-refractivity contribution >= 4 is 25.2 Å². The Morgan fingerprint density at radius 1 is 1.17 bits per heavy atom. The monoisotopic (exact) mass is 420 g/mol. The number of benzene rings is 2. The van der Waals surface area contributed by atoms with Crippen LogP contribution in [-0.2, 0) is 20.8 Å². The molecule has 2 rings (SSSR count). The maximum Gasteiger partial charge on any atom is 0.310 e. The Bertz CT molecular complexity index is 981. The number of carboxylic acids is 1. The van der Waals surface area contributed by atoms with Crippen molar-refractivity contribution in [2.75, 3.05) is 6.16 Å². The molecule has 0 fully saturated rings. The number of carbonyl (C=O) groups is 2. The van der Waals surface area contributed by atoms with Gasteiger partial charge >= 0.3 is 5.97 Å². The Kier molecular flexibility index (Phi) is 7.48. The van der Waals surface area contributed by atoms with Crippen molar-refractivity contribution < 1.29 is 33.3 Å². The molecule has 154 valence electrons. The van der Waals surface area contributed by atoms with Gasteiger partial charge in [-0.15, -0.1) is 0 Å². The molecule has 29 heavy (non-hydrogen) atoms. The highest BCUT2D eigenvalue weighted by Crippen LogP contribution is 2.43. The topological polar surface area (TPSA) is 101 Å². The minimum Gasteiger partial charge on any atom is -0.488 e. The van der Waals surface area contributed by atoms with Crippen LogP contribution in [0.5, 0.6) is 5.75 Å². The van der Waals surface area contributed by atoms with E-state index in [0.717, 1.165) is 22.5 Å². The largest absolute Gasteiger partial charge is 0.488 e. The van der Waals surface area contributed by atoms with Crippen LogP contribution in [0.4, 0.5) is 4.39 Å². The Labute approximate surface area is 168 Å². The van der Waals surface area contributed by atoms with Gasteiger partial charge in [0.2, 0.25) is 7.37 Å². The molecular weight excluding hydrogens is 398 g/mol. The summed E-state index contributed by atoms with van der Waals surface area (Å²) in [6, 6.07) is 9.51. The molecule has 1 unspecified atom stereocenters. The lowest BCUT2D eigenvalue weighted by Crippen LogP contribution is -2.10. The first kappa shape index (κ1) is 22.5. The number of ether oxygens (including phenoxy) is 1. The van der Waals surface area contributed by atoms with Crippen molar-refractivity contribution in [3.63, 3.8) is 0 Å². The van der Waals surface area contributed by atoms with Gasteiger partial charge in [0.1, 0.15) is 24.6 Å². The zero-order valence-corrected chi connectivity index (χ0v) is 17.0. The van der Waals surface area contributed by atoms with Crippen molar-refractivity contribution in [1.29, 1.82) is 0 Å². The van der Waals surface area contributed by atoms with Crippen LogP contribution in [0.3, 0.4) is 0 Å². The summed E-state index contributed by atoms with van der Waals surface area (Å²) < 4.78 is 31.1. The van der Waals surface area contributed by atoms with E-state index in [-0.39, 0.29) is 12.4 Å². The minimum absolute atomic E-state index is 0.178. The average Bonchev–Trinajstić information content (AvgIpc) is 2.58. The van der Waals surface area contributed by atoms with E-state index in [4.69, 9.17) is 9.84 Å². The number of hydrogen-bond donors (Lipinski definition) is 2. The zero-order chi connectivity index (χ0) is 21.6. The molecule has 2 N–H and O–H groups in total. The average molecular weight is 420 g/mol. The second-order valence-electron chi connectivity index (χ2n) is 6.75. The van der Waals surface area contributed by atoms with E-state index in [2.05, 4.69) is 0 Å². The summed E-state index contributed by atoms with van der Waals surface area (Å²) in [7, 11) is -4.00. The Hall–Kier alpha value is -2.76. The maximum absolute atomic E-state index is 13.0. The number of carboxylic acid groups (broad SMARTS) is 1. The normalized spacial score (nSPS) is 13.2. The van der Waals surface area contributed by atoms with Crippen LogP contribution in [0.1, 0.15) is 28.7 Å². The van der Waals surface area contributed by atoms with Gasteiger partial charge in [-0.25, -0.2) is 4.39 Å². The quantitative estimate of drug-likeness (QED) is 0.463. The van der Waals surface area contributed by atoms with E-state index >= 15 is 0 Å². The summed E-state index contributed by atoms with van der Waals surface area (Å²) in [6.45, 7) is 3.87. The highest BCUT2D eigenvalue weighted by Gasteiger charge is 2.21. The van der Waals surface area contributed by atoms with Crippen LogP contribution >= 0.6 is 7.37 Å². The van der Waals surface area contributed by atoms with E-state index in [0.29, 0.717) is 11.3 Å². The molecule has 2 aromatic carbocycles. The van der Waals surface area contributed by atoms with E-state index in [1.165, 1.54) is 18.2 Å². The summed E-state index contributed by atoms with van der Waals surface area (Å²) in [6.07, 6.45) is -0.135. The van der Waals surface area contributed by atoms with Crippen LogP contribution in [-0.4, -0.2) is 27.9 Å². The first-order chi connectivity index (χ1) is 13.6. The van der Waals surface area contributed by atoms with Gasteiger partial charge in [-0.05, 0) is 54.8 Å². The molecule has 8 heteroatoms. The summed E-state index contributed by atoms with van der Waals surface area (Å²) >= 11 is 0. The molecule has 0 radical (unpaired) electrons. The maximum atomic E-state index is 13.0. The third kappa shape index (κ3) is 7.29. The molecule has 0 aliphatic carbocycles. The molecule has 0 amide bonds. The second-order valence-corrected chi connectivity index (χ2v) is 8.87. The zero-order valence-electron chi connectivity index (χ0n) is 16.1. The lowest BCUT2D eigenvalue weighted by molar-refractivity contribution is -0.139. The molecule has 0 aromatic heterocycles. The fourth-order valence-corrected chi connectivity index (χ4v) is 3.84. The first-order valence-corrected chi connectivity index (χ1v) is 10.7. The fourth-order valence-electron chi connectivity index (χ4n) is 2.74. The van der Waals surface area contributed by atoms with Crippen LogP contribution in [0.2, 0.25) is 0 Å². The predicted octanol–water partition coefficient (Wildman–Crippen LogP) is 4.31. The summed E-state index contributed by atoms with van der Waals surface area (Å²) in [4.78, 5) is 32.1. The molecule has 0 aliphatic rings. The molecule has 0 spiro atoms. The van der Waals surface area contributed by atoms with Gasteiger partial charge in [-0.2, -0.15) is 0 Å². The van der Waals surface area contributed by atoms with Crippen LogP contribution < -0.4 is 4.74 Å². The molecule has 0 heterocycles. The van der Waals surface area contributed by atoms with Crippen molar-refractivity contribution in [3.05, 3.63) is 70.3 Å². The number of hydrogen-bond acceptors (Lipinski definition) is 4. The van der Waals surface area contributed by atoms with Gasteiger partial charge < -0.3 is 14.7 Å². The Balaban J connectivity index is 2.21. The lowest BCUT2D eigenvalue weighted by atomic mass is 10.0. The third-order valence-electron chi connectivity index (χ3n) is 4.03. The molecule has 0 saturated heterocycles. The minimum atomic E-state index is -4.00. The van der Waals surface area contributed by atoms with Crippen molar-refractivity contribution in [3.8, 4) is 5.75 Å². The molecular formula is C21H22FO6P. The summed E-state index contributed by atoms with van der Waals surface area (Å²) in [5.74, 6) is -1.01. The van der Waals surface area contributed by atoms with Crippen LogP contribution in [0.15, 0.2) is 42.2 Å². The van der Waals surface area contributed by atoms with Crippen LogP contribution in [0, 0.1) is 19.7 Å². The van der Waals surface area contributed by atoms with Crippen LogP contribution in [0.25, 0.3) is 6.08 Å². The molecule has 6 nitrogen and oxygen atoms in total. The highest BCUT2D eigenvalue weighted by molar-refractivity contribution is 7.62. The first-order valence-electron chi connectivity index (χ1n) is 8.78. The van der Waals surface area contributed by atoms with Gasteiger partial charge in [0, 0.05) is 11.4 Å². The summed E-state index contributed by atoms with van der Waals surface area (Å²) in [5.41, 5.74) is 3.05. The number of Topliss-reactive ketones (excluding diaryl/α,β-unsaturated/α-hetero) is 1. The van der Waals surface area contributed by atoms with E-state index in [1.54, 1.807) is 18.2 Å². The highest BCUT2D eigenvalue weighted by atomic mass is 31.2. The fraction of sp³-hybridized carbons (Fsp3) is 0.238. The number of halogens is 1. The van der Waals surface area contributed by atoms with Crippen molar-refractivity contribution in [1.82, 2.24) is 0 Å². The number of ketones is 1. The number of carbonyl (C=O) groups excluding carboxylic acids is 1. The summed E-state index contributed by atoms with van der Waals surface area (Å²) in [5, 5.41) is 8.61. The van der Waals surface area contributed by atoms with E-state index in [9.17, 15) is 23.4 Å². The standard InChI is InChI=1S/C21H22FO6P/c1-14-9-15(2)19(7-8-29(26,27)13-18(23)11-21(24)25)20(10-14)28-12-16-3-5-17(22)6-4-16/h3-10H,11-13H2,1-2H3,(H,24,25)(H,26,27). The predicted molar refractivity (Wildman–Crippen MR) is 108 cm³/mol. The molecule has 0 saturated carbocycles. The Morgan fingerprint density at radius 3 is 2.45 bits per heavy atom. The van der Waals surface area contributed by atoms with E-state index in [1.807, 2.05) is 19.9 Å². The third-order valence-corrected chi connectivity index (χ3v) is 5.45. The smallest absolute Gasteiger partial charge is 0.310 e. The number of rotatable bonds is 9. The molecule has 2 aromatic rings. The van der Waals surface area contributed by atoms with Crippen molar-refractivity contribution in [2.24, 2.45) is 0 Å². The number of aliphatic carboxylic acids is 1. The van der Waals surface area contributed by atoms with E-state index < -0.39 is 31.7 Å². The van der Waals surface area contributed by atoms with Gasteiger partial charge in [0.05, 0.1) is 6.16 Å².